The van der Waals surface area contributed by atoms with E-state index in [9.17, 15) is 18.0 Å². The van der Waals surface area contributed by atoms with Gasteiger partial charge >= 0.3 is 0 Å². The van der Waals surface area contributed by atoms with Gasteiger partial charge < -0.3 is 10.2 Å². The van der Waals surface area contributed by atoms with Gasteiger partial charge in [0.15, 0.2) is 0 Å². The summed E-state index contributed by atoms with van der Waals surface area (Å²) in [5.74, 6) is -0.704. The van der Waals surface area contributed by atoms with Gasteiger partial charge in [0.1, 0.15) is 12.6 Å². The highest BCUT2D eigenvalue weighted by Crippen LogP contribution is 2.26. The Labute approximate surface area is 227 Å². The van der Waals surface area contributed by atoms with Crippen LogP contribution in [0.3, 0.4) is 0 Å². The SMILES string of the molecule is Cc1cc(Cl)ccc1N(CC(=O)N(Cc1ccc(Br)cc1)[C@@H](C)C(=O)NC1CCCCC1)S(C)(=O)=O. The second kappa shape index (κ2) is 12.4. The number of carbonyl (C=O) groups is 2. The average molecular weight is 599 g/mol. The molecule has 36 heavy (non-hydrogen) atoms. The molecule has 2 aromatic carbocycles. The molecule has 1 N–H and O–H groups in total. The minimum Gasteiger partial charge on any atom is -0.352 e. The third-order valence-corrected chi connectivity index (χ3v) is 8.38. The van der Waals surface area contributed by atoms with Gasteiger partial charge in [-0.2, -0.15) is 0 Å². The molecular formula is C26H33BrClN3O4S. The quantitative estimate of drug-likeness (QED) is 0.438. The van der Waals surface area contributed by atoms with Gasteiger partial charge in [0.25, 0.3) is 0 Å². The molecule has 0 aromatic heterocycles. The summed E-state index contributed by atoms with van der Waals surface area (Å²) >= 11 is 9.47. The molecule has 2 aromatic rings. The van der Waals surface area contributed by atoms with Crippen LogP contribution in [0.25, 0.3) is 0 Å². The van der Waals surface area contributed by atoms with E-state index in [4.69, 9.17) is 11.6 Å². The van der Waals surface area contributed by atoms with E-state index in [0.717, 1.165) is 46.3 Å². The molecule has 3 rings (SSSR count). The summed E-state index contributed by atoms with van der Waals surface area (Å²) in [4.78, 5) is 28.3. The molecule has 1 saturated carbocycles. The number of amides is 2. The lowest BCUT2D eigenvalue weighted by atomic mass is 9.95. The highest BCUT2D eigenvalue weighted by Gasteiger charge is 2.31. The zero-order valence-corrected chi connectivity index (χ0v) is 24.0. The van der Waals surface area contributed by atoms with Crippen molar-refractivity contribution in [1.82, 2.24) is 10.2 Å². The maximum absolute atomic E-state index is 13.7. The van der Waals surface area contributed by atoms with Gasteiger partial charge in [-0.15, -0.1) is 0 Å². The number of benzene rings is 2. The fourth-order valence-corrected chi connectivity index (χ4v) is 5.83. The Morgan fingerprint density at radius 1 is 1.11 bits per heavy atom. The van der Waals surface area contributed by atoms with E-state index in [1.54, 1.807) is 32.0 Å². The normalized spacial score (nSPS) is 15.2. The lowest BCUT2D eigenvalue weighted by molar-refractivity contribution is -0.139. The van der Waals surface area contributed by atoms with Gasteiger partial charge in [0.2, 0.25) is 21.8 Å². The standard InChI is InChI=1S/C26H33BrClN3O4S/c1-18-15-22(28)13-14-24(18)31(36(3,34)35)17-25(32)30(16-20-9-11-21(27)12-10-20)19(2)26(33)29-23-7-5-4-6-8-23/h9-15,19,23H,4-8,16-17H2,1-3H3,(H,29,33)/t19-/m0/s1. The Morgan fingerprint density at radius 2 is 1.75 bits per heavy atom. The first-order chi connectivity index (χ1) is 17.0. The molecule has 1 atom stereocenters. The summed E-state index contributed by atoms with van der Waals surface area (Å²) in [5.41, 5.74) is 1.83. The Hall–Kier alpha value is -2.10. The zero-order chi connectivity index (χ0) is 26.5. The van der Waals surface area contributed by atoms with E-state index in [-0.39, 0.29) is 18.5 Å². The summed E-state index contributed by atoms with van der Waals surface area (Å²) in [6.45, 7) is 3.17. The van der Waals surface area contributed by atoms with Crippen molar-refractivity contribution >= 4 is 55.1 Å². The van der Waals surface area contributed by atoms with Gasteiger partial charge in [0.05, 0.1) is 11.9 Å². The number of halogens is 2. The minimum absolute atomic E-state index is 0.0996. The maximum Gasteiger partial charge on any atom is 0.244 e. The van der Waals surface area contributed by atoms with Crippen LogP contribution in [-0.4, -0.2) is 50.0 Å². The van der Waals surface area contributed by atoms with Crippen LogP contribution in [0.4, 0.5) is 5.69 Å². The number of aryl methyl sites for hydroxylation is 1. The molecule has 0 radical (unpaired) electrons. The van der Waals surface area contributed by atoms with Gasteiger partial charge in [-0.3, -0.25) is 13.9 Å². The van der Waals surface area contributed by atoms with Gasteiger partial charge in [-0.1, -0.05) is 58.9 Å². The summed E-state index contributed by atoms with van der Waals surface area (Å²) < 4.78 is 27.4. The van der Waals surface area contributed by atoms with Crippen molar-refractivity contribution in [3.63, 3.8) is 0 Å². The van der Waals surface area contributed by atoms with E-state index < -0.39 is 28.5 Å². The first-order valence-corrected chi connectivity index (χ1v) is 15.1. The molecule has 0 saturated heterocycles. The molecule has 0 bridgehead atoms. The minimum atomic E-state index is -3.79. The molecule has 1 aliphatic carbocycles. The van der Waals surface area contributed by atoms with Crippen LogP contribution < -0.4 is 9.62 Å². The number of carbonyl (C=O) groups excluding carboxylic acids is 2. The van der Waals surface area contributed by atoms with Gasteiger partial charge in [-0.05, 0) is 68.1 Å². The summed E-state index contributed by atoms with van der Waals surface area (Å²) in [7, 11) is -3.79. The molecule has 0 spiro atoms. The summed E-state index contributed by atoms with van der Waals surface area (Å²) in [5, 5.41) is 3.57. The lowest BCUT2D eigenvalue weighted by Crippen LogP contribution is -2.53. The average Bonchev–Trinajstić information content (AvgIpc) is 2.82. The molecule has 1 fully saturated rings. The number of hydrogen-bond acceptors (Lipinski definition) is 4. The van der Waals surface area contributed by atoms with Crippen molar-refractivity contribution < 1.29 is 18.0 Å². The van der Waals surface area contributed by atoms with Crippen molar-refractivity contribution in [1.29, 1.82) is 0 Å². The molecule has 7 nitrogen and oxygen atoms in total. The first kappa shape index (κ1) is 28.5. The third-order valence-electron chi connectivity index (χ3n) is 6.49. The number of rotatable bonds is 9. The topological polar surface area (TPSA) is 86.8 Å². The van der Waals surface area contributed by atoms with Crippen molar-refractivity contribution in [2.24, 2.45) is 0 Å². The first-order valence-electron chi connectivity index (χ1n) is 12.0. The van der Waals surface area contributed by atoms with Gasteiger partial charge in [0, 0.05) is 22.1 Å². The van der Waals surface area contributed by atoms with E-state index in [0.29, 0.717) is 16.3 Å². The molecular weight excluding hydrogens is 566 g/mol. The summed E-state index contributed by atoms with van der Waals surface area (Å²) in [6, 6.07) is 11.6. The Balaban J connectivity index is 1.88. The third kappa shape index (κ3) is 7.70. The Bertz CT molecular complexity index is 1180. The van der Waals surface area contributed by atoms with E-state index in [1.165, 1.54) is 11.3 Å². The maximum atomic E-state index is 13.7. The molecule has 0 heterocycles. The van der Waals surface area contributed by atoms with Crippen LogP contribution in [0.5, 0.6) is 0 Å². The van der Waals surface area contributed by atoms with Crippen molar-refractivity contribution in [3.8, 4) is 0 Å². The largest absolute Gasteiger partial charge is 0.352 e. The van der Waals surface area contributed by atoms with Crippen LogP contribution in [0, 0.1) is 6.92 Å². The number of sulfonamides is 1. The van der Waals surface area contributed by atoms with Crippen molar-refractivity contribution in [3.05, 3.63) is 63.1 Å². The van der Waals surface area contributed by atoms with Crippen LogP contribution in [0.1, 0.15) is 50.2 Å². The van der Waals surface area contributed by atoms with Crippen LogP contribution in [0.15, 0.2) is 46.9 Å². The van der Waals surface area contributed by atoms with Crippen LogP contribution >= 0.6 is 27.5 Å². The number of hydrogen-bond donors (Lipinski definition) is 1. The zero-order valence-electron chi connectivity index (χ0n) is 20.8. The number of nitrogens with zero attached hydrogens (tertiary/aromatic N) is 2. The van der Waals surface area contributed by atoms with Crippen molar-refractivity contribution in [2.75, 3.05) is 17.1 Å². The lowest BCUT2D eigenvalue weighted by Gasteiger charge is -2.33. The van der Waals surface area contributed by atoms with E-state index in [1.807, 2.05) is 24.3 Å². The van der Waals surface area contributed by atoms with Crippen LogP contribution in [-0.2, 0) is 26.2 Å². The van der Waals surface area contributed by atoms with Crippen LogP contribution in [0.2, 0.25) is 5.02 Å². The number of anilines is 1. The second-order valence-electron chi connectivity index (χ2n) is 9.37. The van der Waals surface area contributed by atoms with E-state index in [2.05, 4.69) is 21.2 Å². The monoisotopic (exact) mass is 597 g/mol. The second-order valence-corrected chi connectivity index (χ2v) is 12.6. The smallest absolute Gasteiger partial charge is 0.244 e. The predicted octanol–water partition coefficient (Wildman–Crippen LogP) is 5.04. The Kier molecular flexibility index (Phi) is 9.83. The fourth-order valence-electron chi connectivity index (χ4n) is 4.43. The Morgan fingerprint density at radius 3 is 2.33 bits per heavy atom. The van der Waals surface area contributed by atoms with Gasteiger partial charge in [-0.25, -0.2) is 8.42 Å². The van der Waals surface area contributed by atoms with Crippen molar-refractivity contribution in [2.45, 2.75) is 64.6 Å². The molecule has 1 aliphatic rings. The highest BCUT2D eigenvalue weighted by molar-refractivity contribution is 9.10. The highest BCUT2D eigenvalue weighted by atomic mass is 79.9. The summed E-state index contributed by atoms with van der Waals surface area (Å²) in [6.07, 6.45) is 6.23. The molecule has 196 valence electrons. The van der Waals surface area contributed by atoms with E-state index >= 15 is 0 Å². The molecule has 0 unspecified atom stereocenters. The fraction of sp³-hybridized carbons (Fsp3) is 0.462. The molecule has 0 aliphatic heterocycles. The molecule has 2 amide bonds. The number of nitrogens with one attached hydrogen (secondary N) is 1. The molecule has 10 heteroatoms. The predicted molar refractivity (Wildman–Crippen MR) is 148 cm³/mol.